The number of amides is 1. The Labute approximate surface area is 264 Å². The highest BCUT2D eigenvalue weighted by atomic mass is 16.6. The van der Waals surface area contributed by atoms with Crippen molar-refractivity contribution in [3.8, 4) is 17.0 Å². The van der Waals surface area contributed by atoms with E-state index in [9.17, 15) is 4.79 Å². The van der Waals surface area contributed by atoms with Crippen LogP contribution in [0.2, 0.25) is 0 Å². The number of nitrogen functional groups attached to an aromatic ring is 1. The van der Waals surface area contributed by atoms with Crippen molar-refractivity contribution in [3.05, 3.63) is 53.9 Å². The summed E-state index contributed by atoms with van der Waals surface area (Å²) in [5, 5.41) is 8.01. The van der Waals surface area contributed by atoms with Crippen LogP contribution in [0.5, 0.6) is 5.75 Å². The van der Waals surface area contributed by atoms with Crippen molar-refractivity contribution in [1.82, 2.24) is 24.8 Å². The van der Waals surface area contributed by atoms with Crippen LogP contribution >= 0.6 is 0 Å². The molecule has 0 saturated carbocycles. The average molecular weight is 613 g/mol. The quantitative estimate of drug-likeness (QED) is 0.214. The van der Waals surface area contributed by atoms with Gasteiger partial charge in [-0.2, -0.15) is 0 Å². The van der Waals surface area contributed by atoms with Crippen molar-refractivity contribution in [3.63, 3.8) is 0 Å². The van der Waals surface area contributed by atoms with E-state index in [-0.39, 0.29) is 6.09 Å². The monoisotopic (exact) mass is 612 g/mol. The summed E-state index contributed by atoms with van der Waals surface area (Å²) >= 11 is 0. The number of likely N-dealkylation sites (N-methyl/N-ethyl adjacent to an activating group) is 2. The zero-order valence-electron chi connectivity index (χ0n) is 27.1. The van der Waals surface area contributed by atoms with Gasteiger partial charge in [-0.15, -0.1) is 0 Å². The highest BCUT2D eigenvalue weighted by Crippen LogP contribution is 2.40. The highest BCUT2D eigenvalue weighted by Gasteiger charge is 2.27. The predicted octanol–water partition coefficient (Wildman–Crippen LogP) is 5.37. The first-order chi connectivity index (χ1) is 21.5. The Kier molecular flexibility index (Phi) is 8.22. The lowest BCUT2D eigenvalue weighted by Crippen LogP contribution is -2.40. The van der Waals surface area contributed by atoms with Gasteiger partial charge in [0.05, 0.1) is 35.4 Å². The molecule has 1 saturated heterocycles. The molecule has 11 nitrogen and oxygen atoms in total. The third-order valence-corrected chi connectivity index (χ3v) is 8.60. The maximum atomic E-state index is 12.4. The SMILES string of the molecule is COc1cc(N(C)CCN(C)C(=O)OC(C)(C)C)c(N)cc1Nc1ncc(C2CNC2)c(-c2cn3c4c(cccc24)CCC3)n1. The molecule has 1 fully saturated rings. The molecule has 0 unspecified atom stereocenters. The van der Waals surface area contributed by atoms with E-state index in [1.54, 1.807) is 19.1 Å². The van der Waals surface area contributed by atoms with Gasteiger partial charge >= 0.3 is 6.09 Å². The summed E-state index contributed by atoms with van der Waals surface area (Å²) in [6.45, 7) is 9.42. The number of para-hydroxylation sites is 1. The summed E-state index contributed by atoms with van der Waals surface area (Å²) < 4.78 is 13.6. The van der Waals surface area contributed by atoms with Gasteiger partial charge in [-0.3, -0.25) is 0 Å². The van der Waals surface area contributed by atoms with Gasteiger partial charge < -0.3 is 40.2 Å². The number of nitrogens with two attached hydrogens (primary N) is 1. The number of nitrogens with one attached hydrogen (secondary N) is 2. The lowest BCUT2D eigenvalue weighted by molar-refractivity contribution is 0.0303. The predicted molar refractivity (Wildman–Crippen MR) is 180 cm³/mol. The third kappa shape index (κ3) is 6.22. The number of anilines is 4. The van der Waals surface area contributed by atoms with Crippen LogP contribution in [0.15, 0.2) is 42.7 Å². The summed E-state index contributed by atoms with van der Waals surface area (Å²) in [7, 11) is 5.29. The number of nitrogens with zero attached hydrogens (tertiary/aromatic N) is 5. The number of methoxy groups -OCH3 is 1. The first kappa shape index (κ1) is 30.5. The van der Waals surface area contributed by atoms with E-state index in [1.165, 1.54) is 16.5 Å². The summed E-state index contributed by atoms with van der Waals surface area (Å²) in [5.74, 6) is 1.46. The van der Waals surface area contributed by atoms with Gasteiger partial charge in [0.1, 0.15) is 11.4 Å². The lowest BCUT2D eigenvalue weighted by Gasteiger charge is -2.29. The van der Waals surface area contributed by atoms with Crippen molar-refractivity contribution in [2.45, 2.75) is 51.7 Å². The topological polar surface area (TPSA) is 123 Å². The fourth-order valence-electron chi connectivity index (χ4n) is 6.07. The molecule has 6 rings (SSSR count). The standard InChI is InChI=1S/C34H44N8O3/c1-34(2,3)45-33(43)41(5)14-13-40(4)28-16-29(44-6)27(15-26(28)35)38-32-37-19-24(22-17-36-18-22)30(39-32)25-20-42-12-8-10-21-9-7-11-23(25)31(21)42/h7,9,11,15-16,19-20,22,36H,8,10,12-14,17-18,35H2,1-6H3,(H,37,38,39). The lowest BCUT2D eigenvalue weighted by atomic mass is 9.91. The number of rotatable bonds is 9. The number of benzene rings is 2. The molecule has 0 spiro atoms. The van der Waals surface area contributed by atoms with Gasteiger partial charge in [-0.1, -0.05) is 18.2 Å². The van der Waals surface area contributed by atoms with Crippen LogP contribution < -0.4 is 26.0 Å². The van der Waals surface area contributed by atoms with Gasteiger partial charge in [0.2, 0.25) is 5.95 Å². The molecule has 4 aromatic rings. The molecule has 2 aliphatic heterocycles. The second-order valence-electron chi connectivity index (χ2n) is 13.1. The number of aromatic nitrogens is 3. The molecule has 45 heavy (non-hydrogen) atoms. The number of carbonyl (C=O) groups excluding carboxylic acids is 1. The number of carbonyl (C=O) groups is 1. The van der Waals surface area contributed by atoms with Crippen molar-refractivity contribution in [2.24, 2.45) is 0 Å². The molecule has 11 heteroatoms. The molecule has 4 N–H and O–H groups in total. The van der Waals surface area contributed by atoms with Crippen LogP contribution in [0.1, 0.15) is 44.2 Å². The Hall–Kier alpha value is -4.51. The zero-order chi connectivity index (χ0) is 31.9. The number of hydrogen-bond acceptors (Lipinski definition) is 9. The Morgan fingerprint density at radius 2 is 2.00 bits per heavy atom. The van der Waals surface area contributed by atoms with E-state index in [2.05, 4.69) is 39.6 Å². The Morgan fingerprint density at radius 1 is 1.20 bits per heavy atom. The van der Waals surface area contributed by atoms with Crippen LogP contribution in [0.4, 0.5) is 27.8 Å². The highest BCUT2D eigenvalue weighted by molar-refractivity contribution is 5.98. The van der Waals surface area contributed by atoms with Gasteiger partial charge in [-0.05, 0) is 45.2 Å². The molecule has 2 aromatic heterocycles. The molecule has 0 aliphatic carbocycles. The number of aryl methyl sites for hydroxylation is 2. The van der Waals surface area contributed by atoms with E-state index >= 15 is 0 Å². The fourth-order valence-corrected chi connectivity index (χ4v) is 6.07. The smallest absolute Gasteiger partial charge is 0.410 e. The minimum absolute atomic E-state index is 0.363. The van der Waals surface area contributed by atoms with E-state index in [1.807, 2.05) is 51.0 Å². The van der Waals surface area contributed by atoms with Crippen molar-refractivity contribution >= 4 is 40.0 Å². The van der Waals surface area contributed by atoms with Crippen LogP contribution in [0.3, 0.4) is 0 Å². The molecule has 2 aliphatic rings. The van der Waals surface area contributed by atoms with Crippen molar-refractivity contribution < 1.29 is 14.3 Å². The zero-order valence-corrected chi connectivity index (χ0v) is 27.1. The van der Waals surface area contributed by atoms with Gasteiger partial charge in [0, 0.05) is 87.7 Å². The number of hydrogen-bond donors (Lipinski definition) is 3. The molecule has 238 valence electrons. The summed E-state index contributed by atoms with van der Waals surface area (Å²) in [6, 6.07) is 10.3. The molecule has 2 aromatic carbocycles. The van der Waals surface area contributed by atoms with Gasteiger partial charge in [0.15, 0.2) is 0 Å². The van der Waals surface area contributed by atoms with Crippen LogP contribution in [0, 0.1) is 0 Å². The molecule has 4 heterocycles. The summed E-state index contributed by atoms with van der Waals surface area (Å²) in [4.78, 5) is 25.8. The minimum atomic E-state index is -0.549. The molecule has 0 atom stereocenters. The van der Waals surface area contributed by atoms with E-state index in [0.717, 1.165) is 55.0 Å². The Balaban J connectivity index is 1.27. The maximum absolute atomic E-state index is 12.4. The van der Waals surface area contributed by atoms with Crippen molar-refractivity contribution in [2.75, 3.05) is 63.3 Å². The Morgan fingerprint density at radius 3 is 2.71 bits per heavy atom. The summed E-state index contributed by atoms with van der Waals surface area (Å²) in [6.07, 6.45) is 6.10. The largest absolute Gasteiger partial charge is 0.494 e. The summed E-state index contributed by atoms with van der Waals surface area (Å²) in [5.41, 5.74) is 14.0. The van der Waals surface area contributed by atoms with E-state index < -0.39 is 5.60 Å². The molecule has 1 amide bonds. The Bertz CT molecular complexity index is 1720. The molecular formula is C34H44N8O3. The van der Waals surface area contributed by atoms with Crippen LogP contribution in [0.25, 0.3) is 22.2 Å². The normalized spacial score (nSPS) is 14.6. The first-order valence-corrected chi connectivity index (χ1v) is 15.6. The van der Waals surface area contributed by atoms with Crippen LogP contribution in [-0.4, -0.2) is 78.5 Å². The van der Waals surface area contributed by atoms with Crippen LogP contribution in [-0.2, 0) is 17.7 Å². The molecular weight excluding hydrogens is 568 g/mol. The maximum Gasteiger partial charge on any atom is 0.410 e. The third-order valence-electron chi connectivity index (χ3n) is 8.60. The fraction of sp³-hybridized carbons (Fsp3) is 0.441. The van der Waals surface area contributed by atoms with Gasteiger partial charge in [0.25, 0.3) is 0 Å². The second-order valence-corrected chi connectivity index (χ2v) is 13.1. The molecule has 0 radical (unpaired) electrons. The number of ether oxygens (including phenoxy) is 2. The van der Waals surface area contributed by atoms with Crippen molar-refractivity contribution in [1.29, 1.82) is 0 Å². The molecule has 0 bridgehead atoms. The second kappa shape index (κ2) is 12.1. The van der Waals surface area contributed by atoms with E-state index in [4.69, 9.17) is 25.2 Å². The first-order valence-electron chi connectivity index (χ1n) is 15.6. The van der Waals surface area contributed by atoms with Gasteiger partial charge in [-0.25, -0.2) is 14.8 Å². The average Bonchev–Trinajstić information content (AvgIpc) is 3.35. The minimum Gasteiger partial charge on any atom is -0.494 e. The van der Waals surface area contributed by atoms with E-state index in [0.29, 0.717) is 42.1 Å².